The zero-order chi connectivity index (χ0) is 23.0. The van der Waals surface area contributed by atoms with Crippen LogP contribution in [0.15, 0.2) is 59.6 Å². The van der Waals surface area contributed by atoms with Crippen molar-refractivity contribution in [3.63, 3.8) is 0 Å². The van der Waals surface area contributed by atoms with Crippen molar-refractivity contribution in [3.05, 3.63) is 65.9 Å². The van der Waals surface area contributed by atoms with E-state index < -0.39 is 0 Å². The predicted octanol–water partition coefficient (Wildman–Crippen LogP) is 3.40. The van der Waals surface area contributed by atoms with Crippen LogP contribution in [0, 0.1) is 0 Å². The monoisotopic (exact) mass is 460 g/mol. The van der Waals surface area contributed by atoms with Crippen LogP contribution < -0.4 is 9.64 Å². The van der Waals surface area contributed by atoms with Crippen molar-refractivity contribution in [3.8, 4) is 5.88 Å². The van der Waals surface area contributed by atoms with E-state index in [1.54, 1.807) is 0 Å². The Morgan fingerprint density at radius 2 is 1.65 bits per heavy atom. The van der Waals surface area contributed by atoms with E-state index >= 15 is 0 Å². The van der Waals surface area contributed by atoms with Gasteiger partial charge in [0.2, 0.25) is 5.88 Å². The Morgan fingerprint density at radius 3 is 2.47 bits per heavy atom. The Kier molecular flexibility index (Phi) is 7.65. The van der Waals surface area contributed by atoms with Gasteiger partial charge in [0.05, 0.1) is 38.7 Å². The fourth-order valence-corrected chi connectivity index (χ4v) is 4.34. The first-order valence-electron chi connectivity index (χ1n) is 12.1. The van der Waals surface area contributed by atoms with Gasteiger partial charge in [-0.3, -0.25) is 9.89 Å². The van der Waals surface area contributed by atoms with Crippen molar-refractivity contribution in [2.24, 2.45) is 4.99 Å². The first-order valence-corrected chi connectivity index (χ1v) is 12.1. The number of anilines is 1. The molecule has 0 atom stereocenters. The van der Waals surface area contributed by atoms with Gasteiger partial charge in [-0.2, -0.15) is 0 Å². The lowest BCUT2D eigenvalue weighted by Gasteiger charge is -2.29. The second-order valence-electron chi connectivity index (χ2n) is 8.63. The van der Waals surface area contributed by atoms with Crippen LogP contribution in [0.4, 0.5) is 5.69 Å². The van der Waals surface area contributed by atoms with E-state index in [2.05, 4.69) is 58.3 Å². The molecule has 0 radical (unpaired) electrons. The highest BCUT2D eigenvalue weighted by Crippen LogP contribution is 2.23. The zero-order valence-electron chi connectivity index (χ0n) is 19.6. The largest absolute Gasteiger partial charge is 0.476 e. The average molecular weight is 461 g/mol. The quantitative estimate of drug-likeness (QED) is 0.480. The van der Waals surface area contributed by atoms with E-state index in [4.69, 9.17) is 24.2 Å². The topological polar surface area (TPSA) is 59.4 Å². The highest BCUT2D eigenvalue weighted by atomic mass is 16.5. The maximum Gasteiger partial charge on any atom is 0.215 e. The first-order chi connectivity index (χ1) is 16.8. The van der Waals surface area contributed by atoms with E-state index in [-0.39, 0.29) is 0 Å². The van der Waals surface area contributed by atoms with Gasteiger partial charge in [-0.1, -0.05) is 36.4 Å². The maximum absolute atomic E-state index is 6.09. The summed E-state index contributed by atoms with van der Waals surface area (Å²) >= 11 is 0. The molecular weight excluding hydrogens is 428 g/mol. The van der Waals surface area contributed by atoms with Crippen molar-refractivity contribution < 1.29 is 14.2 Å². The number of aliphatic imine (C=N–C) groups is 1. The maximum atomic E-state index is 6.09. The summed E-state index contributed by atoms with van der Waals surface area (Å²) in [6, 6.07) is 18.9. The Hall–Kier alpha value is -3.00. The lowest BCUT2D eigenvalue weighted by atomic mass is 10.1. The third-order valence-corrected chi connectivity index (χ3v) is 6.24. The highest BCUT2D eigenvalue weighted by Gasteiger charge is 2.15. The van der Waals surface area contributed by atoms with E-state index in [1.807, 2.05) is 12.3 Å². The molecule has 0 unspecified atom stereocenters. The van der Waals surface area contributed by atoms with Crippen molar-refractivity contribution in [1.29, 1.82) is 0 Å². The highest BCUT2D eigenvalue weighted by molar-refractivity contribution is 5.90. The van der Waals surface area contributed by atoms with Crippen molar-refractivity contribution in [1.82, 2.24) is 9.88 Å². The summed E-state index contributed by atoms with van der Waals surface area (Å²) in [7, 11) is 0. The fraction of sp³-hybridized carbons (Fsp3) is 0.407. The molecule has 2 fully saturated rings. The molecule has 0 bridgehead atoms. The third kappa shape index (κ3) is 6.11. The molecule has 2 saturated heterocycles. The molecule has 5 rings (SSSR count). The van der Waals surface area contributed by atoms with Crippen LogP contribution in [0.3, 0.4) is 0 Å². The summed E-state index contributed by atoms with van der Waals surface area (Å²) < 4.78 is 17.1. The minimum Gasteiger partial charge on any atom is -0.476 e. The molecule has 0 amide bonds. The van der Waals surface area contributed by atoms with Gasteiger partial charge in [-0.25, -0.2) is 4.98 Å². The average Bonchev–Trinajstić information content (AvgIpc) is 2.90. The molecule has 2 aliphatic heterocycles. The van der Waals surface area contributed by atoms with E-state index in [0.717, 1.165) is 76.1 Å². The lowest BCUT2D eigenvalue weighted by molar-refractivity contribution is 0.0320. The third-order valence-electron chi connectivity index (χ3n) is 6.24. The zero-order valence-corrected chi connectivity index (χ0v) is 19.6. The van der Waals surface area contributed by atoms with E-state index in [1.165, 1.54) is 10.8 Å². The molecule has 7 nitrogen and oxygen atoms in total. The Labute approximate surface area is 201 Å². The molecular formula is C27H32N4O3. The SMILES string of the molecule is C(=NCc1cc(N2CCOCC2)cc(OCCN2CCOCC2)n1)c1ccc2ccccc2c1. The molecule has 2 aromatic carbocycles. The van der Waals surface area contributed by atoms with Crippen LogP contribution >= 0.6 is 0 Å². The van der Waals surface area contributed by atoms with Crippen LogP contribution in [0.1, 0.15) is 11.3 Å². The number of benzene rings is 2. The van der Waals surface area contributed by atoms with Gasteiger partial charge in [0, 0.05) is 50.7 Å². The summed E-state index contributed by atoms with van der Waals surface area (Å²) in [6.45, 7) is 8.73. The minimum atomic E-state index is 0.505. The number of fused-ring (bicyclic) bond motifs is 1. The number of nitrogens with zero attached hydrogens (tertiary/aromatic N) is 4. The normalized spacial score (nSPS) is 17.5. The molecule has 7 heteroatoms. The predicted molar refractivity (Wildman–Crippen MR) is 135 cm³/mol. The standard InChI is InChI=1S/C27H32N4O3/c1-2-4-24-17-22(5-6-23(24)3-1)20-28-21-25-18-26(31-10-14-33-15-11-31)19-27(29-25)34-16-9-30-7-12-32-13-8-30/h1-6,17-20H,7-16,21H2. The van der Waals surface area contributed by atoms with Gasteiger partial charge in [0.1, 0.15) is 6.61 Å². The number of hydrogen-bond donors (Lipinski definition) is 0. The van der Waals surface area contributed by atoms with Crippen LogP contribution in [0.2, 0.25) is 0 Å². The van der Waals surface area contributed by atoms with Gasteiger partial charge in [0.25, 0.3) is 0 Å². The van der Waals surface area contributed by atoms with Gasteiger partial charge < -0.3 is 19.1 Å². The molecule has 3 aromatic rings. The number of morpholine rings is 2. The molecule has 0 spiro atoms. The summed E-state index contributed by atoms with van der Waals surface area (Å²) in [5.41, 5.74) is 3.11. The molecule has 178 valence electrons. The first kappa shape index (κ1) is 22.8. The van der Waals surface area contributed by atoms with Gasteiger partial charge in [0.15, 0.2) is 0 Å². The van der Waals surface area contributed by atoms with E-state index in [0.29, 0.717) is 19.0 Å². The fourth-order valence-electron chi connectivity index (χ4n) is 4.34. The van der Waals surface area contributed by atoms with E-state index in [9.17, 15) is 0 Å². The molecule has 1 aromatic heterocycles. The molecule has 0 saturated carbocycles. The summed E-state index contributed by atoms with van der Waals surface area (Å²) in [4.78, 5) is 14.1. The Bertz CT molecular complexity index is 1110. The van der Waals surface area contributed by atoms with Gasteiger partial charge >= 0.3 is 0 Å². The van der Waals surface area contributed by atoms with Crippen molar-refractivity contribution in [2.75, 3.05) is 70.7 Å². The molecule has 2 aliphatic rings. The summed E-state index contributed by atoms with van der Waals surface area (Å²) in [6.07, 6.45) is 1.93. The molecule has 3 heterocycles. The smallest absolute Gasteiger partial charge is 0.215 e. The Morgan fingerprint density at radius 1 is 0.882 bits per heavy atom. The second kappa shape index (κ2) is 11.4. The number of rotatable bonds is 8. The van der Waals surface area contributed by atoms with Crippen molar-refractivity contribution >= 4 is 22.7 Å². The van der Waals surface area contributed by atoms with Gasteiger partial charge in [-0.05, 0) is 28.5 Å². The summed E-state index contributed by atoms with van der Waals surface area (Å²) in [5.74, 6) is 0.660. The molecule has 0 aliphatic carbocycles. The second-order valence-corrected chi connectivity index (χ2v) is 8.63. The van der Waals surface area contributed by atoms with Crippen LogP contribution in [-0.2, 0) is 16.0 Å². The molecule has 34 heavy (non-hydrogen) atoms. The lowest BCUT2D eigenvalue weighted by Crippen LogP contribution is -2.38. The Balaban J connectivity index is 1.27. The number of ether oxygens (including phenoxy) is 3. The van der Waals surface area contributed by atoms with Gasteiger partial charge in [-0.15, -0.1) is 0 Å². The minimum absolute atomic E-state index is 0.505. The number of hydrogen-bond acceptors (Lipinski definition) is 7. The summed E-state index contributed by atoms with van der Waals surface area (Å²) in [5, 5.41) is 2.45. The molecule has 0 N–H and O–H groups in total. The number of aromatic nitrogens is 1. The number of pyridine rings is 1. The van der Waals surface area contributed by atoms with Crippen LogP contribution in [0.5, 0.6) is 5.88 Å². The van der Waals surface area contributed by atoms with Crippen LogP contribution in [0.25, 0.3) is 10.8 Å². The van der Waals surface area contributed by atoms with Crippen molar-refractivity contribution in [2.45, 2.75) is 6.54 Å². The van der Waals surface area contributed by atoms with Crippen LogP contribution in [-0.4, -0.2) is 81.9 Å².